The van der Waals surface area contributed by atoms with Gasteiger partial charge in [-0.05, 0) is 54.4 Å². The van der Waals surface area contributed by atoms with Crippen molar-refractivity contribution < 1.29 is 58.6 Å². The molecule has 1 aliphatic heterocycles. The van der Waals surface area contributed by atoms with E-state index < -0.39 is 55.5 Å². The van der Waals surface area contributed by atoms with Crippen LogP contribution in [0.2, 0.25) is 10.0 Å². The summed E-state index contributed by atoms with van der Waals surface area (Å²) in [7, 11) is 0. The number of halogens is 2. The number of aryl methyl sites for hydroxylation is 1. The number of ether oxygens (including phenoxy) is 2. The quantitative estimate of drug-likeness (QED) is 0.0635. The first-order valence-corrected chi connectivity index (χ1v) is 16.3. The Hall–Kier alpha value is -6.19. The zero-order valence-electron chi connectivity index (χ0n) is 27.7. The minimum atomic E-state index is -1.31. The molecule has 0 unspecified atom stereocenters. The summed E-state index contributed by atoms with van der Waals surface area (Å²) in [4.78, 5) is 61.0. The number of nitrogens with zero attached hydrogens (tertiary/aromatic N) is 2. The molecule has 1 heterocycles. The molecule has 1 aliphatic carbocycles. The van der Waals surface area contributed by atoms with E-state index in [-0.39, 0.29) is 57.5 Å². The van der Waals surface area contributed by atoms with Crippen molar-refractivity contribution in [3.63, 3.8) is 0 Å². The third-order valence-electron chi connectivity index (χ3n) is 7.75. The second kappa shape index (κ2) is 16.0. The van der Waals surface area contributed by atoms with Crippen LogP contribution in [0.15, 0.2) is 69.9 Å². The number of carbonyl (C=O) groups is 4. The number of phenols is 1. The van der Waals surface area contributed by atoms with Gasteiger partial charge in [0.15, 0.2) is 0 Å². The summed E-state index contributed by atoms with van der Waals surface area (Å²) >= 11 is 12.5. The summed E-state index contributed by atoms with van der Waals surface area (Å²) in [5, 5.41) is 48.4. The topological polar surface area (TPSA) is 225 Å². The molecule has 0 bridgehead atoms. The van der Waals surface area contributed by atoms with E-state index in [0.29, 0.717) is 33.3 Å². The van der Waals surface area contributed by atoms with Gasteiger partial charge in [-0.1, -0.05) is 29.3 Å². The Kier molecular flexibility index (Phi) is 11.5. The van der Waals surface area contributed by atoms with Crippen molar-refractivity contribution in [2.75, 3.05) is 49.2 Å². The number of carboxylic acids is 4. The SMILES string of the molecule is Cc1cc(OCCOc2cc(-c3c4cc(Cl)c(=O)cc-4oc4cc(O)c(Cl)cc34)ccc2N(CC(=O)O)CC(=O)O)cc(N(CC(=O)O)CC(=O)O)c1. The van der Waals surface area contributed by atoms with Gasteiger partial charge in [0.25, 0.3) is 0 Å². The first-order valence-electron chi connectivity index (χ1n) is 15.6. The first kappa shape index (κ1) is 38.1. The summed E-state index contributed by atoms with van der Waals surface area (Å²) in [6.45, 7) is -1.10. The average molecular weight is 770 g/mol. The smallest absolute Gasteiger partial charge is 0.323 e. The minimum absolute atomic E-state index is 0.00692. The zero-order valence-corrected chi connectivity index (χ0v) is 29.2. The first-order chi connectivity index (χ1) is 25.1. The maximum atomic E-state index is 12.4. The third kappa shape index (κ3) is 9.19. The van der Waals surface area contributed by atoms with Crippen molar-refractivity contribution in [1.29, 1.82) is 0 Å². The molecule has 5 N–H and O–H groups in total. The van der Waals surface area contributed by atoms with E-state index >= 15 is 0 Å². The maximum absolute atomic E-state index is 12.4. The fraction of sp³-hybridized carbons (Fsp3) is 0.194. The molecule has 17 heteroatoms. The van der Waals surface area contributed by atoms with Gasteiger partial charge in [-0.2, -0.15) is 0 Å². The lowest BCUT2D eigenvalue weighted by atomic mass is 9.93. The number of rotatable bonds is 16. The van der Waals surface area contributed by atoms with Gasteiger partial charge in [0.2, 0.25) is 5.43 Å². The molecule has 0 saturated heterocycles. The second-order valence-corrected chi connectivity index (χ2v) is 12.5. The lowest BCUT2D eigenvalue weighted by Gasteiger charge is -2.25. The highest BCUT2D eigenvalue weighted by Gasteiger charge is 2.24. The van der Waals surface area contributed by atoms with Crippen LogP contribution in [0, 0.1) is 6.92 Å². The summed E-state index contributed by atoms with van der Waals surface area (Å²) < 4.78 is 17.9. The number of aliphatic carboxylic acids is 4. The molecule has 0 atom stereocenters. The van der Waals surface area contributed by atoms with Crippen LogP contribution in [0.4, 0.5) is 11.4 Å². The van der Waals surface area contributed by atoms with Gasteiger partial charge < -0.3 is 49.2 Å². The van der Waals surface area contributed by atoms with Crippen molar-refractivity contribution >= 4 is 69.4 Å². The highest BCUT2D eigenvalue weighted by molar-refractivity contribution is 6.33. The standard InChI is InChI=1S/C36H30Cl2N2O13/c1-18-6-20(39(14-32(43)44)15-33(45)46)9-21(7-18)51-4-5-52-31-8-19(2-3-26(31)40(16-34(47)48)17-35(49)50)36-22-10-24(37)27(41)12-29(22)53-30-13-28(42)25(38)11-23(30)36/h2-3,6-13,41H,4-5,14-17H2,1H3,(H,43,44)(H,45,46)(H,47,48)(H,49,50). The number of anilines is 2. The van der Waals surface area contributed by atoms with E-state index in [2.05, 4.69) is 0 Å². The molecule has 0 radical (unpaired) electrons. The Balaban J connectivity index is 1.55. The fourth-order valence-electron chi connectivity index (χ4n) is 5.68. The van der Waals surface area contributed by atoms with Crippen LogP contribution in [-0.4, -0.2) is 88.8 Å². The summed E-state index contributed by atoms with van der Waals surface area (Å²) in [6.07, 6.45) is 0. The molecule has 0 aromatic heterocycles. The monoisotopic (exact) mass is 768 g/mol. The van der Waals surface area contributed by atoms with Crippen LogP contribution < -0.4 is 24.7 Å². The molecule has 0 fully saturated rings. The van der Waals surface area contributed by atoms with Crippen LogP contribution in [0.25, 0.3) is 33.4 Å². The van der Waals surface area contributed by atoms with Crippen molar-refractivity contribution in [2.24, 2.45) is 0 Å². The number of carboxylic acid groups (broad SMARTS) is 4. The molecule has 276 valence electrons. The Morgan fingerprint density at radius 3 is 2.00 bits per heavy atom. The largest absolute Gasteiger partial charge is 0.506 e. The van der Waals surface area contributed by atoms with Crippen LogP contribution in [0.1, 0.15) is 5.56 Å². The van der Waals surface area contributed by atoms with Gasteiger partial charge in [0.1, 0.15) is 68.0 Å². The molecule has 0 saturated carbocycles. The van der Waals surface area contributed by atoms with Crippen LogP contribution in [-0.2, 0) is 19.2 Å². The average Bonchev–Trinajstić information content (AvgIpc) is 3.05. The number of benzene rings is 4. The third-order valence-corrected chi connectivity index (χ3v) is 8.34. The van der Waals surface area contributed by atoms with Crippen LogP contribution in [0.3, 0.4) is 0 Å². The summed E-state index contributed by atoms with van der Waals surface area (Å²) in [5.74, 6) is -4.90. The van der Waals surface area contributed by atoms with Gasteiger partial charge in [-0.15, -0.1) is 0 Å². The van der Waals surface area contributed by atoms with E-state index in [1.165, 1.54) is 42.5 Å². The van der Waals surface area contributed by atoms with Crippen LogP contribution >= 0.6 is 23.2 Å². The number of hydrogen-bond acceptors (Lipinski definition) is 11. The number of fused-ring (bicyclic) bond motifs is 2. The molecule has 3 aromatic carbocycles. The molecular formula is C36H30Cl2N2O13. The van der Waals surface area contributed by atoms with Crippen molar-refractivity contribution in [3.8, 4) is 39.7 Å². The summed E-state index contributed by atoms with van der Waals surface area (Å²) in [6, 6.07) is 14.6. The predicted molar refractivity (Wildman–Crippen MR) is 193 cm³/mol. The Bertz CT molecular complexity index is 2240. The molecular weight excluding hydrogens is 739 g/mol. The van der Waals surface area contributed by atoms with Crippen LogP contribution in [0.5, 0.6) is 17.2 Å². The van der Waals surface area contributed by atoms with E-state index in [9.17, 15) is 49.5 Å². The highest BCUT2D eigenvalue weighted by atomic mass is 35.5. The Morgan fingerprint density at radius 1 is 0.736 bits per heavy atom. The Morgan fingerprint density at radius 2 is 1.36 bits per heavy atom. The second-order valence-electron chi connectivity index (χ2n) is 11.7. The molecule has 0 spiro atoms. The van der Waals surface area contributed by atoms with Crippen molar-refractivity contribution in [1.82, 2.24) is 0 Å². The van der Waals surface area contributed by atoms with E-state index in [1.807, 2.05) is 0 Å². The van der Waals surface area contributed by atoms with Gasteiger partial charge >= 0.3 is 23.9 Å². The van der Waals surface area contributed by atoms with Gasteiger partial charge in [0, 0.05) is 40.4 Å². The van der Waals surface area contributed by atoms with Crippen molar-refractivity contribution in [3.05, 3.63) is 86.5 Å². The van der Waals surface area contributed by atoms with Crippen molar-refractivity contribution in [2.45, 2.75) is 6.92 Å². The number of aromatic hydroxyl groups is 1. The Labute approximate surface area is 309 Å². The molecule has 53 heavy (non-hydrogen) atoms. The maximum Gasteiger partial charge on any atom is 0.323 e. The lowest BCUT2D eigenvalue weighted by Crippen LogP contribution is -2.34. The molecule has 15 nitrogen and oxygen atoms in total. The normalized spacial score (nSPS) is 11.0. The molecule has 5 rings (SSSR count). The molecule has 0 amide bonds. The molecule has 3 aromatic rings. The van der Waals surface area contributed by atoms with Gasteiger partial charge in [-0.3, -0.25) is 24.0 Å². The molecule has 2 aliphatic rings. The van der Waals surface area contributed by atoms with Gasteiger partial charge in [0.05, 0.1) is 15.7 Å². The number of phenolic OH excluding ortho intramolecular Hbond substituents is 1. The minimum Gasteiger partial charge on any atom is -0.506 e. The van der Waals surface area contributed by atoms with E-state index in [4.69, 9.17) is 37.1 Å². The van der Waals surface area contributed by atoms with E-state index in [0.717, 1.165) is 9.80 Å². The highest BCUT2D eigenvalue weighted by Crippen LogP contribution is 2.45. The van der Waals surface area contributed by atoms with E-state index in [1.54, 1.807) is 25.1 Å². The lowest BCUT2D eigenvalue weighted by molar-refractivity contribution is -0.138. The zero-order chi connectivity index (χ0) is 38.6. The predicted octanol–water partition coefficient (Wildman–Crippen LogP) is 5.29. The summed E-state index contributed by atoms with van der Waals surface area (Å²) in [5.41, 5.74) is 1.97. The number of hydrogen-bond donors (Lipinski definition) is 5. The van der Waals surface area contributed by atoms with Gasteiger partial charge in [-0.25, -0.2) is 0 Å². The fourth-order valence-corrected chi connectivity index (χ4v) is 6.01.